The quantitative estimate of drug-likeness (QED) is 0.597. The van der Waals surface area contributed by atoms with Gasteiger partial charge in [-0.15, -0.1) is 0 Å². The fraction of sp³-hybridized carbons (Fsp3) is 0.429. The Bertz CT molecular complexity index is 452. The van der Waals surface area contributed by atoms with Gasteiger partial charge >= 0.3 is 0 Å². The maximum atomic E-state index is 11.3. The van der Waals surface area contributed by atoms with Gasteiger partial charge < -0.3 is 20.1 Å². The van der Waals surface area contributed by atoms with E-state index >= 15 is 0 Å². The molecule has 20 heavy (non-hydrogen) atoms. The number of ether oxygens (including phenoxy) is 2. The number of para-hydroxylation sites is 2. The van der Waals surface area contributed by atoms with Crippen LogP contribution in [0, 0.1) is 0 Å². The highest BCUT2D eigenvalue weighted by Crippen LogP contribution is 2.23. The lowest BCUT2D eigenvalue weighted by Gasteiger charge is -2.14. The zero-order valence-electron chi connectivity index (χ0n) is 11.8. The van der Waals surface area contributed by atoms with Crippen LogP contribution in [0.2, 0.25) is 0 Å². The molecule has 0 heterocycles. The molecule has 0 fully saturated rings. The van der Waals surface area contributed by atoms with E-state index in [4.69, 9.17) is 21.7 Å². The third-order valence-electron chi connectivity index (χ3n) is 2.40. The van der Waals surface area contributed by atoms with Crippen molar-refractivity contribution in [1.29, 1.82) is 0 Å². The van der Waals surface area contributed by atoms with E-state index < -0.39 is 0 Å². The molecular weight excluding hydrogens is 276 g/mol. The summed E-state index contributed by atoms with van der Waals surface area (Å²) in [5.41, 5.74) is 0.713. The topological polar surface area (TPSA) is 59.6 Å². The third kappa shape index (κ3) is 5.99. The smallest absolute Gasteiger partial charge is 0.225 e. The summed E-state index contributed by atoms with van der Waals surface area (Å²) in [7, 11) is 0. The molecule has 1 aromatic carbocycles. The first kappa shape index (κ1) is 16.4. The monoisotopic (exact) mass is 296 g/mol. The summed E-state index contributed by atoms with van der Waals surface area (Å²) in [6, 6.07) is 7.40. The minimum absolute atomic E-state index is 0.128. The van der Waals surface area contributed by atoms with Gasteiger partial charge in [-0.1, -0.05) is 19.1 Å². The van der Waals surface area contributed by atoms with E-state index in [1.165, 1.54) is 0 Å². The zero-order valence-corrected chi connectivity index (χ0v) is 12.6. The number of amides is 1. The fourth-order valence-electron chi connectivity index (χ4n) is 1.42. The van der Waals surface area contributed by atoms with Crippen LogP contribution in [0.4, 0.5) is 5.69 Å². The van der Waals surface area contributed by atoms with Crippen molar-refractivity contribution < 1.29 is 14.3 Å². The Kier molecular flexibility index (Phi) is 7.60. The van der Waals surface area contributed by atoms with Crippen molar-refractivity contribution in [2.24, 2.45) is 0 Å². The number of anilines is 1. The standard InChI is InChI=1S/C14H20N2O3S/c1-3-13(17)16-14(20)15-11-7-5-6-8-12(11)19-10-9-18-4-2/h5-8H,3-4,9-10H2,1-2H3,(H2,15,16,17,20). The van der Waals surface area contributed by atoms with Gasteiger partial charge in [-0.2, -0.15) is 0 Å². The first-order chi connectivity index (χ1) is 9.67. The van der Waals surface area contributed by atoms with Gasteiger partial charge in [0, 0.05) is 13.0 Å². The van der Waals surface area contributed by atoms with Gasteiger partial charge in [0.2, 0.25) is 5.91 Å². The Morgan fingerprint density at radius 1 is 1.25 bits per heavy atom. The first-order valence-electron chi connectivity index (χ1n) is 6.57. The molecule has 1 rings (SSSR count). The van der Waals surface area contributed by atoms with Gasteiger partial charge in [-0.05, 0) is 31.3 Å². The van der Waals surface area contributed by atoms with Gasteiger partial charge in [0.15, 0.2) is 5.11 Å². The normalized spacial score (nSPS) is 9.90. The number of nitrogens with one attached hydrogen (secondary N) is 2. The van der Waals surface area contributed by atoms with Crippen LogP contribution in [0.1, 0.15) is 20.3 Å². The van der Waals surface area contributed by atoms with E-state index in [-0.39, 0.29) is 11.0 Å². The number of rotatable bonds is 7. The van der Waals surface area contributed by atoms with E-state index in [9.17, 15) is 4.79 Å². The van der Waals surface area contributed by atoms with Crippen LogP contribution in [0.25, 0.3) is 0 Å². The van der Waals surface area contributed by atoms with Crippen LogP contribution in [0.3, 0.4) is 0 Å². The molecule has 0 unspecified atom stereocenters. The van der Waals surface area contributed by atoms with Crippen LogP contribution in [0.5, 0.6) is 5.75 Å². The van der Waals surface area contributed by atoms with Crippen molar-refractivity contribution in [3.8, 4) is 5.75 Å². The van der Waals surface area contributed by atoms with Crippen LogP contribution >= 0.6 is 12.2 Å². The summed E-state index contributed by atoms with van der Waals surface area (Å²) in [5, 5.41) is 5.79. The Balaban J connectivity index is 2.56. The number of benzene rings is 1. The fourth-order valence-corrected chi connectivity index (χ4v) is 1.64. The Hall–Kier alpha value is -1.66. The highest BCUT2D eigenvalue weighted by molar-refractivity contribution is 7.80. The van der Waals surface area contributed by atoms with Gasteiger partial charge in [0.1, 0.15) is 12.4 Å². The molecule has 0 atom stereocenters. The van der Waals surface area contributed by atoms with Gasteiger partial charge in [0.05, 0.1) is 12.3 Å². The Morgan fingerprint density at radius 2 is 2.00 bits per heavy atom. The predicted molar refractivity (Wildman–Crippen MR) is 83.1 cm³/mol. The van der Waals surface area contributed by atoms with E-state index in [0.29, 0.717) is 37.7 Å². The van der Waals surface area contributed by atoms with Gasteiger partial charge in [-0.25, -0.2) is 0 Å². The number of hydrogen-bond donors (Lipinski definition) is 2. The van der Waals surface area contributed by atoms with Gasteiger partial charge in [0.25, 0.3) is 0 Å². The van der Waals surface area contributed by atoms with E-state index in [2.05, 4.69) is 10.6 Å². The zero-order chi connectivity index (χ0) is 14.8. The lowest BCUT2D eigenvalue weighted by Crippen LogP contribution is -2.33. The molecule has 0 saturated carbocycles. The van der Waals surface area contributed by atoms with Crippen molar-refractivity contribution in [2.45, 2.75) is 20.3 Å². The SMILES string of the molecule is CCOCCOc1ccccc1NC(=S)NC(=O)CC. The van der Waals surface area contributed by atoms with Crippen molar-refractivity contribution in [3.63, 3.8) is 0 Å². The first-order valence-corrected chi connectivity index (χ1v) is 6.98. The molecule has 1 amide bonds. The number of hydrogen-bond acceptors (Lipinski definition) is 4. The van der Waals surface area contributed by atoms with Crippen molar-refractivity contribution in [3.05, 3.63) is 24.3 Å². The van der Waals surface area contributed by atoms with Crippen molar-refractivity contribution >= 4 is 28.9 Å². The van der Waals surface area contributed by atoms with Crippen LogP contribution in [0.15, 0.2) is 24.3 Å². The summed E-state index contributed by atoms with van der Waals surface area (Å²) in [6.45, 7) is 5.35. The lowest BCUT2D eigenvalue weighted by atomic mass is 10.3. The molecule has 0 aliphatic rings. The summed E-state index contributed by atoms with van der Waals surface area (Å²) in [5.74, 6) is 0.539. The van der Waals surface area contributed by atoms with E-state index in [1.54, 1.807) is 6.92 Å². The van der Waals surface area contributed by atoms with Crippen molar-refractivity contribution in [2.75, 3.05) is 25.1 Å². The molecule has 6 heteroatoms. The third-order valence-corrected chi connectivity index (χ3v) is 2.60. The minimum Gasteiger partial charge on any atom is -0.489 e. The summed E-state index contributed by atoms with van der Waals surface area (Å²) in [4.78, 5) is 11.3. The molecule has 0 aliphatic carbocycles. The molecule has 0 bridgehead atoms. The van der Waals surface area contributed by atoms with E-state index in [1.807, 2.05) is 31.2 Å². The van der Waals surface area contributed by atoms with Gasteiger partial charge in [-0.3, -0.25) is 4.79 Å². The predicted octanol–water partition coefficient (Wildman–Crippen LogP) is 2.32. The average Bonchev–Trinajstić information content (AvgIpc) is 2.45. The molecule has 0 spiro atoms. The second kappa shape index (κ2) is 9.28. The lowest BCUT2D eigenvalue weighted by molar-refractivity contribution is -0.119. The number of carbonyl (C=O) groups is 1. The molecule has 0 radical (unpaired) electrons. The molecule has 2 N–H and O–H groups in total. The highest BCUT2D eigenvalue weighted by Gasteiger charge is 2.06. The molecule has 0 saturated heterocycles. The van der Waals surface area contributed by atoms with Crippen molar-refractivity contribution in [1.82, 2.24) is 5.32 Å². The average molecular weight is 296 g/mol. The second-order valence-electron chi connectivity index (χ2n) is 3.90. The largest absolute Gasteiger partial charge is 0.489 e. The molecule has 5 nitrogen and oxygen atoms in total. The summed E-state index contributed by atoms with van der Waals surface area (Å²) in [6.07, 6.45) is 0.383. The molecule has 0 aliphatic heterocycles. The molecular formula is C14H20N2O3S. The van der Waals surface area contributed by atoms with Crippen LogP contribution < -0.4 is 15.4 Å². The van der Waals surface area contributed by atoms with Crippen LogP contribution in [-0.2, 0) is 9.53 Å². The van der Waals surface area contributed by atoms with Crippen LogP contribution in [-0.4, -0.2) is 30.8 Å². The van der Waals surface area contributed by atoms with E-state index in [0.717, 1.165) is 0 Å². The Morgan fingerprint density at radius 3 is 2.70 bits per heavy atom. The maximum absolute atomic E-state index is 11.3. The number of thiocarbonyl (C=S) groups is 1. The summed E-state index contributed by atoms with van der Waals surface area (Å²) < 4.78 is 10.8. The number of carbonyl (C=O) groups excluding carboxylic acids is 1. The minimum atomic E-state index is -0.128. The Labute approximate surface area is 124 Å². The maximum Gasteiger partial charge on any atom is 0.225 e. The molecule has 1 aromatic rings. The second-order valence-corrected chi connectivity index (χ2v) is 4.31. The molecule has 0 aromatic heterocycles. The molecule has 110 valence electrons. The summed E-state index contributed by atoms with van der Waals surface area (Å²) >= 11 is 5.07. The highest BCUT2D eigenvalue weighted by atomic mass is 32.1.